The van der Waals surface area contributed by atoms with Crippen LogP contribution in [0.25, 0.3) is 0 Å². The largest absolute Gasteiger partial charge is 1.00 e. The molecule has 7 heteroatoms. The summed E-state index contributed by atoms with van der Waals surface area (Å²) in [7, 11) is 7.90. The van der Waals surface area contributed by atoms with Gasteiger partial charge in [0.1, 0.15) is 13.2 Å². The molecule has 0 saturated carbocycles. The molecule has 2 atom stereocenters. The number of hydrogen-bond acceptors (Lipinski definition) is 4. The Labute approximate surface area is 235 Å². The third-order valence-corrected chi connectivity index (χ3v) is 6.22. The molecular formula is C28H59IN2O4. The van der Waals surface area contributed by atoms with Gasteiger partial charge in [-0.2, -0.15) is 0 Å². The maximum atomic E-state index is 11.8. The molecule has 0 spiro atoms. The summed E-state index contributed by atoms with van der Waals surface area (Å²) in [5, 5.41) is 2.77. The molecule has 0 aromatic carbocycles. The standard InChI is InChI=1S/C28H58N2O4.HI/c1-7-8-9-10-11-12-13-14-15-16-17-18-19-20-21-22-27(32-6)34-26(2)25-29-28(31)33-24-23-30(3,4)5;/h26-27H,7-25H2,1-6H3;1H. The van der Waals surface area contributed by atoms with E-state index in [2.05, 4.69) is 33.4 Å². The Hall–Kier alpha value is -0.120. The number of hydrogen-bond donors (Lipinski definition) is 1. The van der Waals surface area contributed by atoms with Gasteiger partial charge in [0.2, 0.25) is 0 Å². The highest BCUT2D eigenvalue weighted by Gasteiger charge is 2.14. The normalized spacial score (nSPS) is 13.2. The summed E-state index contributed by atoms with van der Waals surface area (Å²) in [6, 6.07) is 0. The average Bonchev–Trinajstić information content (AvgIpc) is 2.78. The number of methoxy groups -OCH3 is 1. The molecule has 0 aliphatic heterocycles. The summed E-state index contributed by atoms with van der Waals surface area (Å²) in [6.45, 7) is 5.84. The van der Waals surface area contributed by atoms with Gasteiger partial charge in [-0.3, -0.25) is 0 Å². The van der Waals surface area contributed by atoms with Crippen LogP contribution in [0.4, 0.5) is 4.79 Å². The number of amides is 1. The second-order valence-corrected chi connectivity index (χ2v) is 10.9. The molecule has 212 valence electrons. The van der Waals surface area contributed by atoms with Crippen LogP contribution in [0.15, 0.2) is 0 Å². The van der Waals surface area contributed by atoms with E-state index in [9.17, 15) is 4.79 Å². The number of carbonyl (C=O) groups excluding carboxylic acids is 1. The Morgan fingerprint density at radius 2 is 1.26 bits per heavy atom. The van der Waals surface area contributed by atoms with Crippen LogP contribution in [0, 0.1) is 0 Å². The minimum atomic E-state index is -0.389. The van der Waals surface area contributed by atoms with E-state index in [1.807, 2.05) is 6.92 Å². The number of quaternary nitrogens is 1. The van der Waals surface area contributed by atoms with E-state index in [-0.39, 0.29) is 42.5 Å². The first-order chi connectivity index (χ1) is 16.3. The topological polar surface area (TPSA) is 56.8 Å². The van der Waals surface area contributed by atoms with Crippen molar-refractivity contribution in [2.75, 3.05) is 47.9 Å². The molecule has 0 saturated heterocycles. The van der Waals surface area contributed by atoms with Gasteiger partial charge >= 0.3 is 6.09 Å². The Morgan fingerprint density at radius 1 is 0.800 bits per heavy atom. The summed E-state index contributed by atoms with van der Waals surface area (Å²) in [5.41, 5.74) is 0. The number of alkyl carbamates (subject to hydrolysis) is 1. The lowest BCUT2D eigenvalue weighted by Gasteiger charge is -2.24. The highest BCUT2D eigenvalue weighted by Crippen LogP contribution is 2.15. The number of rotatable bonds is 24. The summed E-state index contributed by atoms with van der Waals surface area (Å²) < 4.78 is 17.4. The Kier molecular flexibility index (Phi) is 27.0. The maximum Gasteiger partial charge on any atom is 0.407 e. The fourth-order valence-electron chi connectivity index (χ4n) is 3.92. The molecule has 0 rings (SSSR count). The number of nitrogens with zero attached hydrogens (tertiary/aromatic N) is 1. The van der Waals surface area contributed by atoms with Crippen molar-refractivity contribution >= 4 is 6.09 Å². The van der Waals surface area contributed by atoms with E-state index in [4.69, 9.17) is 14.2 Å². The zero-order chi connectivity index (χ0) is 25.5. The first-order valence-electron chi connectivity index (χ1n) is 14.2. The van der Waals surface area contributed by atoms with Gasteiger partial charge in [0.05, 0.1) is 27.2 Å². The van der Waals surface area contributed by atoms with Crippen LogP contribution in [0.1, 0.15) is 117 Å². The van der Waals surface area contributed by atoms with E-state index in [1.165, 1.54) is 89.9 Å². The molecule has 0 bridgehead atoms. The molecular weight excluding hydrogens is 555 g/mol. The van der Waals surface area contributed by atoms with E-state index in [0.29, 0.717) is 13.2 Å². The van der Waals surface area contributed by atoms with Gasteiger partial charge in [-0.1, -0.05) is 96.8 Å². The van der Waals surface area contributed by atoms with Crippen molar-refractivity contribution in [3.8, 4) is 0 Å². The molecule has 2 unspecified atom stereocenters. The van der Waals surface area contributed by atoms with Crippen molar-refractivity contribution in [2.45, 2.75) is 129 Å². The predicted octanol–water partition coefficient (Wildman–Crippen LogP) is 4.06. The quantitative estimate of drug-likeness (QED) is 0.0772. The van der Waals surface area contributed by atoms with Gasteiger partial charge in [-0.15, -0.1) is 0 Å². The van der Waals surface area contributed by atoms with Crippen LogP contribution < -0.4 is 29.3 Å². The van der Waals surface area contributed by atoms with Crippen molar-refractivity contribution in [1.82, 2.24) is 5.32 Å². The highest BCUT2D eigenvalue weighted by molar-refractivity contribution is 5.67. The van der Waals surface area contributed by atoms with E-state index in [1.54, 1.807) is 7.11 Å². The average molecular weight is 615 g/mol. The predicted molar refractivity (Wildman–Crippen MR) is 143 cm³/mol. The van der Waals surface area contributed by atoms with Crippen LogP contribution in [-0.2, 0) is 14.2 Å². The molecule has 1 amide bonds. The molecule has 0 aromatic heterocycles. The lowest BCUT2D eigenvalue weighted by molar-refractivity contribution is -0.870. The summed E-state index contributed by atoms with van der Waals surface area (Å²) in [5.74, 6) is 0. The van der Waals surface area contributed by atoms with Gasteiger partial charge in [-0.05, 0) is 19.8 Å². The van der Waals surface area contributed by atoms with Crippen molar-refractivity contribution in [2.24, 2.45) is 0 Å². The number of likely N-dealkylation sites (N-methyl/N-ethyl adjacent to an activating group) is 1. The lowest BCUT2D eigenvalue weighted by Crippen LogP contribution is -3.00. The van der Waals surface area contributed by atoms with Gasteiger partial charge in [-0.25, -0.2) is 4.79 Å². The first kappa shape index (κ1) is 37.0. The summed E-state index contributed by atoms with van der Waals surface area (Å²) in [4.78, 5) is 11.8. The Bertz CT molecular complexity index is 461. The van der Waals surface area contributed by atoms with Gasteiger partial charge in [0.25, 0.3) is 0 Å². The van der Waals surface area contributed by atoms with Crippen molar-refractivity contribution < 1.29 is 47.5 Å². The van der Waals surface area contributed by atoms with Crippen LogP contribution >= 0.6 is 0 Å². The van der Waals surface area contributed by atoms with Gasteiger partial charge < -0.3 is 48.0 Å². The third kappa shape index (κ3) is 28.3. The molecule has 0 aromatic rings. The zero-order valence-corrected chi connectivity index (χ0v) is 26.2. The number of unbranched alkanes of at least 4 members (excludes halogenated alkanes) is 14. The van der Waals surface area contributed by atoms with E-state index >= 15 is 0 Å². The third-order valence-electron chi connectivity index (χ3n) is 6.22. The molecule has 6 nitrogen and oxygen atoms in total. The molecule has 0 heterocycles. The van der Waals surface area contributed by atoms with Crippen molar-refractivity contribution in [3.63, 3.8) is 0 Å². The van der Waals surface area contributed by atoms with Gasteiger partial charge in [0.15, 0.2) is 6.29 Å². The van der Waals surface area contributed by atoms with Crippen molar-refractivity contribution in [3.05, 3.63) is 0 Å². The lowest BCUT2D eigenvalue weighted by atomic mass is 10.0. The number of halogens is 1. The Balaban J connectivity index is 0. The molecule has 1 N–H and O–H groups in total. The Morgan fingerprint density at radius 3 is 1.69 bits per heavy atom. The minimum absolute atomic E-state index is 0. The van der Waals surface area contributed by atoms with Crippen LogP contribution in [0.2, 0.25) is 0 Å². The molecule has 0 radical (unpaired) electrons. The second kappa shape index (κ2) is 25.5. The second-order valence-electron chi connectivity index (χ2n) is 10.9. The smallest absolute Gasteiger partial charge is 0.407 e. The van der Waals surface area contributed by atoms with Crippen LogP contribution in [0.3, 0.4) is 0 Å². The SMILES string of the molecule is CCCCCCCCCCCCCCCCCC(OC)OC(C)CNC(=O)OCC[N+](C)(C)C.[I-]. The summed E-state index contributed by atoms with van der Waals surface area (Å²) in [6.07, 6.45) is 20.6. The van der Waals surface area contributed by atoms with Crippen LogP contribution in [0.5, 0.6) is 0 Å². The van der Waals surface area contributed by atoms with Crippen LogP contribution in [-0.4, -0.2) is 70.9 Å². The van der Waals surface area contributed by atoms with Gasteiger partial charge in [0, 0.05) is 13.7 Å². The minimum Gasteiger partial charge on any atom is -1.00 e. The maximum absolute atomic E-state index is 11.8. The number of carbonyl (C=O) groups is 1. The van der Waals surface area contributed by atoms with E-state index in [0.717, 1.165) is 23.9 Å². The molecule has 0 fully saturated rings. The molecule has 0 aliphatic rings. The fraction of sp³-hybridized carbons (Fsp3) is 0.964. The highest BCUT2D eigenvalue weighted by atomic mass is 127. The van der Waals surface area contributed by atoms with E-state index < -0.39 is 0 Å². The molecule has 0 aliphatic carbocycles. The molecule has 35 heavy (non-hydrogen) atoms. The number of nitrogens with one attached hydrogen (secondary N) is 1. The monoisotopic (exact) mass is 614 g/mol. The summed E-state index contributed by atoms with van der Waals surface area (Å²) >= 11 is 0. The number of ether oxygens (including phenoxy) is 3. The first-order valence-corrected chi connectivity index (χ1v) is 14.2. The zero-order valence-electron chi connectivity index (χ0n) is 24.0. The van der Waals surface area contributed by atoms with Crippen molar-refractivity contribution in [1.29, 1.82) is 0 Å². The fourth-order valence-corrected chi connectivity index (χ4v) is 3.92.